The number of unbranched alkanes of at least 4 members (excludes halogenated alkanes) is 13. The van der Waals surface area contributed by atoms with Crippen LogP contribution in [0.4, 0.5) is 0 Å². The van der Waals surface area contributed by atoms with E-state index in [0.717, 1.165) is 42.3 Å². The first kappa shape index (κ1) is 36.7. The molecule has 0 N–H and O–H groups in total. The number of phosphoric ester groups is 1. The molecular formula is C35H62NO6P. The fourth-order valence-electron chi connectivity index (χ4n) is 6.71. The number of nitrogens with zero attached hydrogens (tertiary/aromatic N) is 1. The maximum atomic E-state index is 12.6. The Kier molecular flexibility index (Phi) is 18.0. The van der Waals surface area contributed by atoms with Crippen molar-refractivity contribution in [3.63, 3.8) is 0 Å². The van der Waals surface area contributed by atoms with E-state index in [-0.39, 0.29) is 19.1 Å². The van der Waals surface area contributed by atoms with Crippen LogP contribution in [0.5, 0.6) is 0 Å². The van der Waals surface area contributed by atoms with Gasteiger partial charge in [-0.05, 0) is 17.9 Å². The second-order valence-corrected chi connectivity index (χ2v) is 14.9. The van der Waals surface area contributed by atoms with Crippen molar-refractivity contribution in [2.45, 2.75) is 122 Å². The van der Waals surface area contributed by atoms with E-state index >= 15 is 0 Å². The number of benzene rings is 1. The van der Waals surface area contributed by atoms with Gasteiger partial charge in [-0.1, -0.05) is 121 Å². The predicted octanol–water partition coefficient (Wildman–Crippen LogP) is 8.06. The Labute approximate surface area is 263 Å². The van der Waals surface area contributed by atoms with Crippen LogP contribution in [-0.4, -0.2) is 63.7 Å². The van der Waals surface area contributed by atoms with Crippen molar-refractivity contribution in [1.82, 2.24) is 0 Å². The lowest BCUT2D eigenvalue weighted by molar-refractivity contribution is -0.929. The molecule has 3 aliphatic rings. The molecule has 43 heavy (non-hydrogen) atoms. The Bertz CT molecular complexity index is 878. The fraction of sp³-hybridized carbons (Fsp3) is 0.829. The van der Waals surface area contributed by atoms with Gasteiger partial charge in [-0.25, -0.2) is 0 Å². The van der Waals surface area contributed by atoms with E-state index in [4.69, 9.17) is 18.5 Å². The summed E-state index contributed by atoms with van der Waals surface area (Å²) >= 11 is 0. The molecule has 3 heterocycles. The number of ether oxygens (including phenoxy) is 2. The zero-order valence-electron chi connectivity index (χ0n) is 27.4. The highest BCUT2D eigenvalue weighted by molar-refractivity contribution is 7.45. The zero-order chi connectivity index (χ0) is 30.6. The van der Waals surface area contributed by atoms with Crippen LogP contribution < -0.4 is 4.89 Å². The van der Waals surface area contributed by atoms with Gasteiger partial charge in [0, 0.05) is 25.4 Å². The maximum Gasteiger partial charge on any atom is 0.267 e. The summed E-state index contributed by atoms with van der Waals surface area (Å²) in [6, 6.07) is 9.88. The van der Waals surface area contributed by atoms with Gasteiger partial charge >= 0.3 is 0 Å². The van der Waals surface area contributed by atoms with Crippen molar-refractivity contribution in [1.29, 1.82) is 0 Å². The summed E-state index contributed by atoms with van der Waals surface area (Å²) in [6.45, 7) is 7.07. The highest BCUT2D eigenvalue weighted by atomic mass is 31.2. The minimum Gasteiger partial charge on any atom is -0.756 e. The standard InChI is InChI=1S/C35H62NO6P/c1-3-4-5-6-7-8-9-10-11-12-13-14-15-19-26-39-30-35(40-28-32-20-17-16-18-21-32)31-42-43(37,38)41-29-34-27-36(2)24-22-33(34)23-25-36/h16-18,20-21,33-35H,3-15,19,22-31H2,1-2H3. The number of rotatable bonds is 26. The minimum absolute atomic E-state index is 0.103. The first-order chi connectivity index (χ1) is 20.9. The molecule has 0 amide bonds. The molecule has 0 aromatic heterocycles. The summed E-state index contributed by atoms with van der Waals surface area (Å²) in [4.78, 5) is 12.6. The lowest BCUT2D eigenvalue weighted by atomic mass is 9.78. The van der Waals surface area contributed by atoms with Crippen LogP contribution in [0.1, 0.15) is 115 Å². The number of piperidine rings is 3. The quantitative estimate of drug-likeness (QED) is 0.0590. The Balaban J connectivity index is 1.26. The summed E-state index contributed by atoms with van der Waals surface area (Å²) in [6.07, 6.45) is 20.4. The molecule has 3 unspecified atom stereocenters. The summed E-state index contributed by atoms with van der Waals surface area (Å²) < 4.78 is 36.3. The molecule has 7 nitrogen and oxygen atoms in total. The Morgan fingerprint density at radius 2 is 1.42 bits per heavy atom. The summed E-state index contributed by atoms with van der Waals surface area (Å²) in [5.41, 5.74) is 1.03. The molecule has 8 heteroatoms. The molecule has 0 radical (unpaired) electrons. The Hall–Kier alpha value is -0.790. The molecule has 248 valence electrons. The molecule has 0 aliphatic carbocycles. The molecule has 1 aromatic rings. The lowest BCUT2D eigenvalue weighted by Gasteiger charge is -2.50. The predicted molar refractivity (Wildman–Crippen MR) is 173 cm³/mol. The van der Waals surface area contributed by atoms with Crippen LogP contribution in [0.2, 0.25) is 0 Å². The van der Waals surface area contributed by atoms with Crippen molar-refractivity contribution < 1.29 is 32.5 Å². The highest BCUT2D eigenvalue weighted by Gasteiger charge is 2.43. The van der Waals surface area contributed by atoms with Crippen molar-refractivity contribution >= 4 is 7.82 Å². The summed E-state index contributed by atoms with van der Waals surface area (Å²) in [5.74, 6) is 0.835. The molecule has 2 bridgehead atoms. The monoisotopic (exact) mass is 623 g/mol. The Morgan fingerprint density at radius 3 is 2.00 bits per heavy atom. The second-order valence-electron chi connectivity index (χ2n) is 13.5. The van der Waals surface area contributed by atoms with Crippen LogP contribution in [0, 0.1) is 11.8 Å². The SMILES string of the molecule is CCCCCCCCCCCCCCCCOCC(COP(=O)([O-])OCC1C[N+]2(C)CCC1CC2)OCc1ccccc1. The van der Waals surface area contributed by atoms with Crippen molar-refractivity contribution in [2.24, 2.45) is 11.8 Å². The van der Waals surface area contributed by atoms with E-state index in [2.05, 4.69) is 14.0 Å². The zero-order valence-corrected chi connectivity index (χ0v) is 28.3. The van der Waals surface area contributed by atoms with E-state index in [1.54, 1.807) is 0 Å². The van der Waals surface area contributed by atoms with Crippen LogP contribution in [0.3, 0.4) is 0 Å². The van der Waals surface area contributed by atoms with Gasteiger partial charge < -0.3 is 27.9 Å². The average molecular weight is 624 g/mol. The van der Waals surface area contributed by atoms with E-state index in [1.165, 1.54) is 90.1 Å². The van der Waals surface area contributed by atoms with Gasteiger partial charge in [-0.2, -0.15) is 0 Å². The summed E-state index contributed by atoms with van der Waals surface area (Å²) in [5, 5.41) is 0. The molecular weight excluding hydrogens is 561 g/mol. The van der Waals surface area contributed by atoms with E-state index in [0.29, 0.717) is 25.7 Å². The molecule has 4 rings (SSSR count). The van der Waals surface area contributed by atoms with E-state index in [1.807, 2.05) is 30.3 Å². The average Bonchev–Trinajstić information content (AvgIpc) is 3.01. The van der Waals surface area contributed by atoms with E-state index < -0.39 is 13.9 Å². The molecule has 3 saturated heterocycles. The number of hydrogen-bond donors (Lipinski definition) is 0. The van der Waals surface area contributed by atoms with Crippen molar-refractivity contribution in [3.05, 3.63) is 35.9 Å². The van der Waals surface area contributed by atoms with Crippen LogP contribution >= 0.6 is 7.82 Å². The third kappa shape index (κ3) is 15.9. The van der Waals surface area contributed by atoms with Crippen LogP contribution in [-0.2, 0) is 29.7 Å². The van der Waals surface area contributed by atoms with Gasteiger partial charge in [-0.3, -0.25) is 4.57 Å². The topological polar surface area (TPSA) is 77.1 Å². The largest absolute Gasteiger partial charge is 0.756 e. The molecule has 0 spiro atoms. The van der Waals surface area contributed by atoms with Gasteiger partial charge in [0.05, 0.1) is 53.1 Å². The first-order valence-corrected chi connectivity index (χ1v) is 19.0. The minimum atomic E-state index is -4.42. The van der Waals surface area contributed by atoms with Crippen molar-refractivity contribution in [2.75, 3.05) is 53.1 Å². The van der Waals surface area contributed by atoms with Gasteiger partial charge in [0.1, 0.15) is 6.10 Å². The third-order valence-electron chi connectivity index (χ3n) is 9.56. The fourth-order valence-corrected chi connectivity index (χ4v) is 7.51. The smallest absolute Gasteiger partial charge is 0.267 e. The first-order valence-electron chi connectivity index (χ1n) is 17.6. The van der Waals surface area contributed by atoms with Gasteiger partial charge in [0.25, 0.3) is 7.82 Å². The van der Waals surface area contributed by atoms with E-state index in [9.17, 15) is 9.46 Å². The van der Waals surface area contributed by atoms with Crippen LogP contribution in [0.25, 0.3) is 0 Å². The van der Waals surface area contributed by atoms with Gasteiger partial charge in [-0.15, -0.1) is 0 Å². The molecule has 0 saturated carbocycles. The Morgan fingerprint density at radius 1 is 0.837 bits per heavy atom. The molecule has 3 atom stereocenters. The summed E-state index contributed by atoms with van der Waals surface area (Å²) in [7, 11) is -2.15. The number of quaternary nitrogens is 1. The second kappa shape index (κ2) is 21.1. The molecule has 1 aromatic carbocycles. The lowest BCUT2D eigenvalue weighted by Crippen LogP contribution is -2.60. The number of hydrogen-bond acceptors (Lipinski definition) is 6. The third-order valence-corrected chi connectivity index (χ3v) is 10.5. The molecule has 3 fully saturated rings. The highest BCUT2D eigenvalue weighted by Crippen LogP contribution is 2.43. The number of phosphoric acid groups is 1. The van der Waals surface area contributed by atoms with Crippen LogP contribution in [0.15, 0.2) is 30.3 Å². The van der Waals surface area contributed by atoms with Gasteiger partial charge in [0.15, 0.2) is 0 Å². The molecule has 3 aliphatic heterocycles. The maximum absolute atomic E-state index is 12.6. The normalized spacial score (nSPS) is 23.8. The van der Waals surface area contributed by atoms with Crippen molar-refractivity contribution in [3.8, 4) is 0 Å². The number of fused-ring (bicyclic) bond motifs is 3. The van der Waals surface area contributed by atoms with Gasteiger partial charge in [0.2, 0.25) is 0 Å².